The fraction of sp³-hybridized carbons (Fsp3) is 0.870. The van der Waals surface area contributed by atoms with Crippen LogP contribution in [0.3, 0.4) is 0 Å². The second-order valence-corrected chi connectivity index (χ2v) is 21.3. The summed E-state index contributed by atoms with van der Waals surface area (Å²) in [5.41, 5.74) is 0. The zero-order chi connectivity index (χ0) is 23.5. The number of carbonyl (C=O) groups excluding carboxylic acids is 1. The lowest BCUT2D eigenvalue weighted by Gasteiger charge is -2.40. The smallest absolute Gasteiger partial charge is 0.330 e. The van der Waals surface area contributed by atoms with Crippen molar-refractivity contribution in [1.82, 2.24) is 0 Å². The number of allylic oxidation sites excluding steroid dienone is 1. The summed E-state index contributed by atoms with van der Waals surface area (Å²) in [7, 11) is -2.59. The van der Waals surface area contributed by atoms with E-state index in [4.69, 9.17) is 13.6 Å². The zero-order valence-electron chi connectivity index (χ0n) is 21.2. The molecule has 0 bridgehead atoms. The van der Waals surface area contributed by atoms with Gasteiger partial charge >= 0.3 is 5.97 Å². The number of aliphatic hydroxyl groups excluding tert-OH is 1. The summed E-state index contributed by atoms with van der Waals surface area (Å²) >= 11 is 0. The van der Waals surface area contributed by atoms with Crippen molar-refractivity contribution in [3.05, 3.63) is 12.2 Å². The predicted octanol–water partition coefficient (Wildman–Crippen LogP) is 5.51. The molecule has 1 N–H and O–H groups in total. The van der Waals surface area contributed by atoms with E-state index >= 15 is 0 Å². The lowest BCUT2D eigenvalue weighted by molar-refractivity contribution is -0.134. The lowest BCUT2D eigenvalue weighted by atomic mass is 9.91. The molecule has 1 fully saturated rings. The molecule has 0 unspecified atom stereocenters. The van der Waals surface area contributed by atoms with E-state index in [1.54, 1.807) is 0 Å². The molecule has 5 nitrogen and oxygen atoms in total. The summed E-state index contributed by atoms with van der Waals surface area (Å²) in [6.45, 7) is 22.6. The van der Waals surface area contributed by atoms with Gasteiger partial charge in [0.15, 0.2) is 16.6 Å². The summed E-state index contributed by atoms with van der Waals surface area (Å²) in [5, 5.41) is 10.5. The fourth-order valence-electron chi connectivity index (χ4n) is 3.48. The van der Waals surface area contributed by atoms with Crippen LogP contribution in [0.4, 0.5) is 0 Å². The van der Waals surface area contributed by atoms with E-state index in [1.807, 2.05) is 6.08 Å². The molecule has 176 valence electrons. The molecule has 0 heterocycles. The second kappa shape index (κ2) is 9.98. The summed E-state index contributed by atoms with van der Waals surface area (Å²) in [6.07, 6.45) is 4.77. The number of carbonyl (C=O) groups is 1. The summed E-state index contributed by atoms with van der Waals surface area (Å²) in [4.78, 5) is 11.5. The SMILES string of the molecule is COC(=O)/C=C/C[C@H]1[C@@H](CO)[C@H](O[Si](C)(C)C(C)(C)C)C[C@@H]1O[Si](C)(C)C(C)(C)C. The van der Waals surface area contributed by atoms with Gasteiger partial charge in [-0.05, 0) is 55.0 Å². The van der Waals surface area contributed by atoms with Gasteiger partial charge in [0.2, 0.25) is 0 Å². The van der Waals surface area contributed by atoms with Crippen molar-refractivity contribution < 1.29 is 23.5 Å². The van der Waals surface area contributed by atoms with Crippen LogP contribution in [0.1, 0.15) is 54.4 Å². The van der Waals surface area contributed by atoms with E-state index in [0.717, 1.165) is 6.42 Å². The second-order valence-electron chi connectivity index (χ2n) is 11.7. The molecule has 4 atom stereocenters. The maximum Gasteiger partial charge on any atom is 0.330 e. The predicted molar refractivity (Wildman–Crippen MR) is 129 cm³/mol. The fourth-order valence-corrected chi connectivity index (χ4v) is 6.24. The van der Waals surface area contributed by atoms with E-state index in [-0.39, 0.29) is 46.7 Å². The highest BCUT2D eigenvalue weighted by Gasteiger charge is 2.50. The third-order valence-electron chi connectivity index (χ3n) is 7.55. The van der Waals surface area contributed by atoms with E-state index in [9.17, 15) is 9.90 Å². The Morgan fingerprint density at radius 3 is 1.73 bits per heavy atom. The molecule has 7 heteroatoms. The molecule has 0 radical (unpaired) electrons. The normalized spacial score (nSPS) is 26.4. The molecule has 0 aromatic carbocycles. The van der Waals surface area contributed by atoms with Crippen LogP contribution in [-0.4, -0.2) is 53.6 Å². The number of hydrogen-bond acceptors (Lipinski definition) is 5. The quantitative estimate of drug-likeness (QED) is 0.295. The van der Waals surface area contributed by atoms with Gasteiger partial charge in [-0.3, -0.25) is 0 Å². The van der Waals surface area contributed by atoms with Crippen LogP contribution in [0.15, 0.2) is 12.2 Å². The van der Waals surface area contributed by atoms with Crippen molar-refractivity contribution in [1.29, 1.82) is 0 Å². The molecule has 0 aromatic rings. The number of methoxy groups -OCH3 is 1. The average molecular weight is 459 g/mol. The Kier molecular flexibility index (Phi) is 9.17. The van der Waals surface area contributed by atoms with Crippen molar-refractivity contribution in [2.75, 3.05) is 13.7 Å². The Hall–Kier alpha value is -0.476. The zero-order valence-corrected chi connectivity index (χ0v) is 23.2. The van der Waals surface area contributed by atoms with Gasteiger partial charge in [0.25, 0.3) is 0 Å². The Bertz CT molecular complexity index is 602. The lowest BCUT2D eigenvalue weighted by Crippen LogP contribution is -2.45. The topological polar surface area (TPSA) is 65.0 Å². The highest BCUT2D eigenvalue weighted by molar-refractivity contribution is 6.74. The van der Waals surface area contributed by atoms with Crippen LogP contribution in [0.2, 0.25) is 36.3 Å². The van der Waals surface area contributed by atoms with Gasteiger partial charge in [-0.1, -0.05) is 47.6 Å². The minimum atomic E-state index is -1.99. The number of aliphatic hydroxyl groups is 1. The third kappa shape index (κ3) is 6.76. The number of esters is 1. The minimum Gasteiger partial charge on any atom is -0.466 e. The molecule has 1 rings (SSSR count). The van der Waals surface area contributed by atoms with Crippen molar-refractivity contribution in [2.45, 2.75) is 103 Å². The van der Waals surface area contributed by atoms with Gasteiger partial charge in [-0.25, -0.2) is 4.79 Å². The van der Waals surface area contributed by atoms with Crippen molar-refractivity contribution in [2.24, 2.45) is 11.8 Å². The van der Waals surface area contributed by atoms with E-state index in [0.29, 0.717) is 6.42 Å². The first kappa shape index (κ1) is 27.6. The van der Waals surface area contributed by atoms with E-state index in [2.05, 4.69) is 67.7 Å². The van der Waals surface area contributed by atoms with Gasteiger partial charge in [-0.15, -0.1) is 0 Å². The van der Waals surface area contributed by atoms with Gasteiger partial charge in [0.05, 0.1) is 19.3 Å². The third-order valence-corrected chi connectivity index (χ3v) is 16.6. The highest BCUT2D eigenvalue weighted by Crippen LogP contribution is 2.47. The van der Waals surface area contributed by atoms with Gasteiger partial charge in [0.1, 0.15) is 0 Å². The van der Waals surface area contributed by atoms with Crippen LogP contribution in [0, 0.1) is 11.8 Å². The Morgan fingerprint density at radius 1 is 0.933 bits per heavy atom. The molecular weight excluding hydrogens is 412 g/mol. The first-order valence-corrected chi connectivity index (χ1v) is 17.0. The Balaban J connectivity index is 3.18. The van der Waals surface area contributed by atoms with Crippen molar-refractivity contribution in [3.8, 4) is 0 Å². The van der Waals surface area contributed by atoms with Crippen molar-refractivity contribution >= 4 is 22.6 Å². The largest absolute Gasteiger partial charge is 0.466 e. The van der Waals surface area contributed by atoms with Crippen LogP contribution in [0.25, 0.3) is 0 Å². The molecular formula is C23H46O5Si2. The van der Waals surface area contributed by atoms with Gasteiger partial charge < -0.3 is 18.7 Å². The number of ether oxygens (including phenoxy) is 1. The average Bonchev–Trinajstić information content (AvgIpc) is 2.87. The Labute approximate surface area is 186 Å². The van der Waals surface area contributed by atoms with Crippen LogP contribution >= 0.6 is 0 Å². The molecule has 0 aromatic heterocycles. The molecule has 1 aliphatic rings. The van der Waals surface area contributed by atoms with Crippen molar-refractivity contribution in [3.63, 3.8) is 0 Å². The summed E-state index contributed by atoms with van der Waals surface area (Å²) in [5.74, 6) is -0.250. The maximum absolute atomic E-state index is 11.5. The van der Waals surface area contributed by atoms with E-state index < -0.39 is 16.6 Å². The first-order chi connectivity index (χ1) is 13.5. The summed E-state index contributed by atoms with van der Waals surface area (Å²) < 4.78 is 18.3. The monoisotopic (exact) mass is 458 g/mol. The van der Waals surface area contributed by atoms with E-state index in [1.165, 1.54) is 13.2 Å². The van der Waals surface area contributed by atoms with Crippen LogP contribution in [0.5, 0.6) is 0 Å². The standard InChI is InChI=1S/C23H46O5Si2/c1-22(2,3)29(8,9)27-19-15-20(28-30(10,11)23(4,5)6)18(16-24)17(19)13-12-14-21(25)26-7/h12,14,17-20,24H,13,15-16H2,1-11H3/b14-12+/t17-,18+,19-,20+/m0/s1. The number of rotatable bonds is 8. The van der Waals surface area contributed by atoms with Crippen LogP contribution in [-0.2, 0) is 18.4 Å². The highest BCUT2D eigenvalue weighted by atomic mass is 28.4. The molecule has 1 aliphatic carbocycles. The van der Waals surface area contributed by atoms with Gasteiger partial charge in [0, 0.05) is 18.6 Å². The summed E-state index contributed by atoms with van der Waals surface area (Å²) in [6, 6.07) is 0. The Morgan fingerprint density at radius 2 is 1.37 bits per heavy atom. The molecule has 0 amide bonds. The number of hydrogen-bond donors (Lipinski definition) is 1. The first-order valence-electron chi connectivity index (χ1n) is 11.2. The molecule has 1 saturated carbocycles. The minimum absolute atomic E-state index is 0.00353. The molecule has 0 saturated heterocycles. The van der Waals surface area contributed by atoms with Gasteiger partial charge in [-0.2, -0.15) is 0 Å². The molecule has 0 aliphatic heterocycles. The maximum atomic E-state index is 11.5. The van der Waals surface area contributed by atoms with Crippen LogP contribution < -0.4 is 0 Å². The molecule has 30 heavy (non-hydrogen) atoms. The molecule has 0 spiro atoms.